The third-order valence-corrected chi connectivity index (χ3v) is 8.65. The van der Waals surface area contributed by atoms with Gasteiger partial charge >= 0.3 is 0 Å². The van der Waals surface area contributed by atoms with E-state index in [-0.39, 0.29) is 0 Å². The van der Waals surface area contributed by atoms with Crippen LogP contribution in [0.4, 0.5) is 0 Å². The van der Waals surface area contributed by atoms with Gasteiger partial charge in [-0.3, -0.25) is 29.9 Å². The van der Waals surface area contributed by atoms with Crippen LogP contribution in [0.3, 0.4) is 0 Å². The maximum atomic E-state index is 4.17. The molecule has 0 spiro atoms. The summed E-state index contributed by atoms with van der Waals surface area (Å²) in [4.78, 5) is 24.4. The fourth-order valence-electron chi connectivity index (χ4n) is 5.29. The molecule has 0 N–H and O–H groups in total. The number of hydrogen-bond donors (Lipinski definition) is 0. The first kappa shape index (κ1) is 55.4. The summed E-state index contributed by atoms with van der Waals surface area (Å²) in [5.74, 6) is 0. The van der Waals surface area contributed by atoms with E-state index in [0.29, 0.717) is 0 Å². The molecule has 8 aromatic rings. The fourth-order valence-corrected chi connectivity index (χ4v) is 5.29. The van der Waals surface area contributed by atoms with Crippen LogP contribution in [0, 0.1) is 111 Å². The van der Waals surface area contributed by atoms with Crippen molar-refractivity contribution in [3.8, 4) is 0 Å². The molecule has 64 heavy (non-hydrogen) atoms. The Bertz CT molecular complexity index is 1930. The maximum Gasteiger partial charge on any atom is 0.0375 e. The third kappa shape index (κ3) is 30.4. The van der Waals surface area contributed by atoms with Crippen molar-refractivity contribution >= 4 is 0 Å². The molecule has 2 aromatic carbocycles. The van der Waals surface area contributed by atoms with Gasteiger partial charge in [-0.1, -0.05) is 95.1 Å². The number of pyridine rings is 6. The van der Waals surface area contributed by atoms with Gasteiger partial charge in [0.05, 0.1) is 0 Å². The van der Waals surface area contributed by atoms with Crippen molar-refractivity contribution in [1.82, 2.24) is 29.9 Å². The molecular formula is C58H74N6. The van der Waals surface area contributed by atoms with E-state index in [2.05, 4.69) is 150 Å². The minimum Gasteiger partial charge on any atom is -0.264 e. The van der Waals surface area contributed by atoms with E-state index in [4.69, 9.17) is 0 Å². The summed E-state index contributed by atoms with van der Waals surface area (Å²) in [6.45, 7) is 32.6. The van der Waals surface area contributed by atoms with Crippen molar-refractivity contribution in [3.05, 3.63) is 248 Å². The summed E-state index contributed by atoms with van der Waals surface area (Å²) >= 11 is 0. The van der Waals surface area contributed by atoms with Crippen molar-refractivity contribution in [2.75, 3.05) is 0 Å². The van der Waals surface area contributed by atoms with Crippen LogP contribution in [-0.4, -0.2) is 29.9 Å². The predicted molar refractivity (Wildman–Crippen MR) is 274 cm³/mol. The summed E-state index contributed by atoms with van der Waals surface area (Å²) < 4.78 is 0. The molecule has 0 aliphatic carbocycles. The highest BCUT2D eigenvalue weighted by Crippen LogP contribution is 2.02. The Morgan fingerprint density at radius 2 is 0.578 bits per heavy atom. The van der Waals surface area contributed by atoms with E-state index in [1.165, 1.54) is 55.6 Å². The lowest BCUT2D eigenvalue weighted by Crippen LogP contribution is -1.81. The van der Waals surface area contributed by atoms with E-state index < -0.39 is 0 Å². The van der Waals surface area contributed by atoms with Crippen LogP contribution < -0.4 is 0 Å². The number of nitrogens with zero attached hydrogens (tertiary/aromatic N) is 6. The first-order valence-electron chi connectivity index (χ1n) is 21.7. The standard InChI is InChI=1S/2C8H10.6C7H9N/c1-7-3-5-8(2)6-4-7;1-7-4-3-5-8(2)6-7;1-6-3-7(2)5-8-4-6;2*1-6-3-4-8-7(2)5-6;2*1-6-3-4-7(2)8-5-6;1-6-4-3-5-7(2)8-6/h2*3-6H,1-2H3;6*3-5H,1-2H3. The molecule has 336 valence electrons. The van der Waals surface area contributed by atoms with Crippen LogP contribution in [0.25, 0.3) is 0 Å². The molecular weight excluding hydrogens is 781 g/mol. The highest BCUT2D eigenvalue weighted by Gasteiger charge is 1.86. The lowest BCUT2D eigenvalue weighted by atomic mass is 10.2. The first-order valence-corrected chi connectivity index (χ1v) is 21.7. The lowest BCUT2D eigenvalue weighted by Gasteiger charge is -1.90. The molecule has 0 bridgehead atoms. The van der Waals surface area contributed by atoms with Gasteiger partial charge < -0.3 is 0 Å². The molecule has 6 heterocycles. The Labute approximate surface area is 387 Å². The number of aryl methyl sites for hydroxylation is 16. The highest BCUT2D eigenvalue weighted by atomic mass is 14.7. The van der Waals surface area contributed by atoms with Gasteiger partial charge in [-0.05, 0) is 193 Å². The van der Waals surface area contributed by atoms with Gasteiger partial charge in [0.25, 0.3) is 0 Å². The molecule has 6 heteroatoms. The second kappa shape index (κ2) is 32.1. The van der Waals surface area contributed by atoms with Crippen molar-refractivity contribution < 1.29 is 0 Å². The maximum absolute atomic E-state index is 4.17. The minimum atomic E-state index is 1.08. The molecule has 6 nitrogen and oxygen atoms in total. The first-order chi connectivity index (χ1) is 30.3. The normalized spacial score (nSPS) is 9.25. The van der Waals surface area contributed by atoms with Gasteiger partial charge in [-0.25, -0.2) is 0 Å². The van der Waals surface area contributed by atoms with Crippen molar-refractivity contribution in [2.45, 2.75) is 111 Å². The Morgan fingerprint density at radius 3 is 0.797 bits per heavy atom. The molecule has 0 radical (unpaired) electrons. The largest absolute Gasteiger partial charge is 0.264 e. The molecule has 0 saturated heterocycles. The molecule has 6 aromatic heterocycles. The topological polar surface area (TPSA) is 77.3 Å². The molecule has 0 fully saturated rings. The lowest BCUT2D eigenvalue weighted by molar-refractivity contribution is 1.12. The van der Waals surface area contributed by atoms with Gasteiger partial charge in [-0.2, -0.15) is 0 Å². The van der Waals surface area contributed by atoms with E-state index in [0.717, 1.165) is 34.2 Å². The molecule has 0 atom stereocenters. The zero-order valence-electron chi connectivity index (χ0n) is 41.7. The smallest absolute Gasteiger partial charge is 0.0375 e. The van der Waals surface area contributed by atoms with Gasteiger partial charge in [0.1, 0.15) is 0 Å². The van der Waals surface area contributed by atoms with E-state index in [9.17, 15) is 0 Å². The van der Waals surface area contributed by atoms with Gasteiger partial charge in [-0.15, -0.1) is 0 Å². The number of benzene rings is 2. The summed E-state index contributed by atoms with van der Waals surface area (Å²) in [5, 5.41) is 0. The highest BCUT2D eigenvalue weighted by molar-refractivity contribution is 5.21. The van der Waals surface area contributed by atoms with E-state index in [1.807, 2.05) is 149 Å². The van der Waals surface area contributed by atoms with Crippen molar-refractivity contribution in [2.24, 2.45) is 0 Å². The summed E-state index contributed by atoms with van der Waals surface area (Å²) in [6, 6.07) is 41.3. The van der Waals surface area contributed by atoms with Gasteiger partial charge in [0, 0.05) is 71.3 Å². The SMILES string of the molecule is Cc1ccc(C)cc1.Cc1ccc(C)nc1.Cc1ccc(C)nc1.Cc1cccc(C)c1.Cc1cccc(C)n1.Cc1ccnc(C)c1.Cc1ccnc(C)c1.Cc1cncc(C)c1. The third-order valence-electron chi connectivity index (χ3n) is 8.65. The van der Waals surface area contributed by atoms with Crippen LogP contribution >= 0.6 is 0 Å². The van der Waals surface area contributed by atoms with Crippen LogP contribution in [0.2, 0.25) is 0 Å². The summed E-state index contributed by atoms with van der Waals surface area (Å²) in [6.07, 6.45) is 11.1. The predicted octanol–water partition coefficient (Wildman–Crippen LogP) is 14.8. The Balaban J connectivity index is 0.000000366. The van der Waals surface area contributed by atoms with E-state index in [1.54, 1.807) is 0 Å². The zero-order valence-corrected chi connectivity index (χ0v) is 41.7. The minimum absolute atomic E-state index is 1.08. The van der Waals surface area contributed by atoms with Crippen LogP contribution in [-0.2, 0) is 0 Å². The Kier molecular flexibility index (Phi) is 27.7. The summed E-state index contributed by atoms with van der Waals surface area (Å²) in [7, 11) is 0. The second-order valence-electron chi connectivity index (χ2n) is 16.2. The van der Waals surface area contributed by atoms with Crippen molar-refractivity contribution in [1.29, 1.82) is 0 Å². The molecule has 0 amide bonds. The van der Waals surface area contributed by atoms with Crippen molar-refractivity contribution in [3.63, 3.8) is 0 Å². The average Bonchev–Trinajstić information content (AvgIpc) is 3.23. The molecule has 0 aliphatic rings. The average molecular weight is 855 g/mol. The van der Waals surface area contributed by atoms with Crippen LogP contribution in [0.15, 0.2) is 159 Å². The fraction of sp³-hybridized carbons (Fsp3) is 0.276. The second-order valence-corrected chi connectivity index (χ2v) is 16.2. The summed E-state index contributed by atoms with van der Waals surface area (Å²) in [5.41, 5.74) is 19.3. The molecule has 0 saturated carbocycles. The molecule has 0 unspecified atom stereocenters. The molecule has 8 rings (SSSR count). The molecule has 0 aliphatic heterocycles. The number of rotatable bonds is 0. The van der Waals surface area contributed by atoms with Crippen LogP contribution in [0.5, 0.6) is 0 Å². The zero-order chi connectivity index (χ0) is 47.9. The van der Waals surface area contributed by atoms with Crippen LogP contribution in [0.1, 0.15) is 89.8 Å². The van der Waals surface area contributed by atoms with Gasteiger partial charge in [0.15, 0.2) is 0 Å². The Morgan fingerprint density at radius 1 is 0.234 bits per heavy atom. The quantitative estimate of drug-likeness (QED) is 0.151. The number of aromatic nitrogens is 6. The Hall–Kier alpha value is -6.66. The number of hydrogen-bond acceptors (Lipinski definition) is 6. The van der Waals surface area contributed by atoms with Gasteiger partial charge in [0.2, 0.25) is 0 Å². The van der Waals surface area contributed by atoms with E-state index >= 15 is 0 Å². The monoisotopic (exact) mass is 855 g/mol.